The highest BCUT2D eigenvalue weighted by Gasteiger charge is 2.28. The standard InChI is InChI=1S/C50H33N5.C44H29N5.C38H25N5/c1-3-13-34(14-4-1)36-23-27-38(28-24-36)53(39-29-25-37(26-30-39)35-15-5-2-6-16-35)40-31-32-47-43(33-40)41-17-8-11-21-46(41)54(47)50-52-44-19-9-7-18-42(44)49-51-45-20-10-12-22-48(45)55(49)50;1-3-13-30(14-4-1)31-23-25-33(26-24-31)47(32-15-5-2-6-16-32)34-27-28-41-37(29-34)35-17-8-11-21-40(35)48(41)44-46-38-19-9-7-18-36(38)43-45-39-20-10-12-22-42(39)49(43)44;1-3-13-26(14-4-1)41(27-15-5-2-6-16-27)28-23-24-35-31(25-28)29-17-8-11-21-34(29)42(35)38-40-32-19-9-7-18-30(32)37-39-33-20-10-12-22-36(33)43(37)38/h1-33H;1-29H;1-25H. The molecule has 0 bridgehead atoms. The molecule has 30 aromatic rings. The normalized spacial score (nSPS) is 11.7. The monoisotopic (exact) mass is 1880 g/mol. The van der Waals surface area contributed by atoms with Crippen LogP contribution in [0.1, 0.15) is 0 Å². The number of nitrogens with zero attached hydrogens (tertiary/aromatic N) is 15. The van der Waals surface area contributed by atoms with Crippen LogP contribution in [-0.4, -0.2) is 56.8 Å². The highest BCUT2D eigenvalue weighted by atomic mass is 15.3. The van der Waals surface area contributed by atoms with Gasteiger partial charge in [0, 0.05) is 99.7 Å². The van der Waals surface area contributed by atoms with Gasteiger partial charge < -0.3 is 14.7 Å². The van der Waals surface area contributed by atoms with Gasteiger partial charge in [-0.2, -0.15) is 0 Å². The number of anilines is 9. The molecule has 0 aliphatic heterocycles. The Labute approximate surface area is 844 Å². The first-order valence-electron chi connectivity index (χ1n) is 49.6. The van der Waals surface area contributed by atoms with Crippen LogP contribution in [0.2, 0.25) is 0 Å². The van der Waals surface area contributed by atoms with E-state index in [1.165, 1.54) is 44.2 Å². The van der Waals surface area contributed by atoms with Gasteiger partial charge in [0.15, 0.2) is 0 Å². The Morgan fingerprint density at radius 2 is 0.320 bits per heavy atom. The van der Waals surface area contributed by atoms with E-state index < -0.39 is 0 Å². The van der Waals surface area contributed by atoms with Crippen molar-refractivity contribution in [1.29, 1.82) is 0 Å². The van der Waals surface area contributed by atoms with Crippen molar-refractivity contribution >= 4 is 199 Å². The van der Waals surface area contributed by atoms with Crippen LogP contribution in [0.15, 0.2) is 528 Å². The lowest BCUT2D eigenvalue weighted by molar-refractivity contribution is 0.979. The predicted molar refractivity (Wildman–Crippen MR) is 607 cm³/mol. The molecule has 0 saturated heterocycles. The Balaban J connectivity index is 0.000000107. The molecule has 0 saturated carbocycles. The van der Waals surface area contributed by atoms with E-state index in [9.17, 15) is 0 Å². The van der Waals surface area contributed by atoms with Crippen LogP contribution in [0.4, 0.5) is 51.2 Å². The smallest absolute Gasteiger partial charge is 0.221 e. The zero-order valence-electron chi connectivity index (χ0n) is 79.4. The number of hydrogen-bond acceptors (Lipinski definition) is 9. The van der Waals surface area contributed by atoms with Crippen molar-refractivity contribution in [1.82, 2.24) is 56.8 Å². The second-order valence-corrected chi connectivity index (χ2v) is 37.0. The van der Waals surface area contributed by atoms with Gasteiger partial charge in [-0.05, 0) is 252 Å². The Kier molecular flexibility index (Phi) is 20.5. The number of hydrogen-bond donors (Lipinski definition) is 0. The van der Waals surface area contributed by atoms with Crippen molar-refractivity contribution < 1.29 is 0 Å². The van der Waals surface area contributed by atoms with Crippen LogP contribution in [0.3, 0.4) is 0 Å². The minimum absolute atomic E-state index is 0.811. The Morgan fingerprint density at radius 1 is 0.129 bits per heavy atom. The average molecular weight is 1880 g/mol. The van der Waals surface area contributed by atoms with E-state index in [1.807, 2.05) is 36.4 Å². The molecular formula is C132H87N15. The Morgan fingerprint density at radius 3 is 0.585 bits per heavy atom. The third kappa shape index (κ3) is 14.6. The first-order chi connectivity index (χ1) is 72.9. The summed E-state index contributed by atoms with van der Waals surface area (Å²) in [5.74, 6) is 2.45. The molecule has 0 N–H and O–H groups in total. The first-order valence-corrected chi connectivity index (χ1v) is 49.6. The van der Waals surface area contributed by atoms with Crippen LogP contribution < -0.4 is 14.7 Å². The number of benzene rings is 21. The molecule has 0 aliphatic rings. The van der Waals surface area contributed by atoms with Crippen LogP contribution in [0, 0.1) is 0 Å². The van der Waals surface area contributed by atoms with E-state index in [4.69, 9.17) is 29.9 Å². The maximum atomic E-state index is 5.36. The molecule has 0 atom stereocenters. The van der Waals surface area contributed by atoms with E-state index in [1.54, 1.807) is 0 Å². The summed E-state index contributed by atoms with van der Waals surface area (Å²) in [4.78, 5) is 38.3. The van der Waals surface area contributed by atoms with Crippen molar-refractivity contribution in [3.05, 3.63) is 528 Å². The molecule has 9 aromatic heterocycles. The maximum absolute atomic E-state index is 5.36. The summed E-state index contributed by atoms with van der Waals surface area (Å²) in [6.07, 6.45) is 0. The zero-order valence-corrected chi connectivity index (χ0v) is 79.4. The molecule has 0 unspecified atom stereocenters. The summed E-state index contributed by atoms with van der Waals surface area (Å²) in [5.41, 5.74) is 34.9. The second kappa shape index (κ2) is 35.6. The van der Waals surface area contributed by atoms with E-state index in [2.05, 4.69) is 533 Å². The van der Waals surface area contributed by atoms with E-state index in [0.717, 1.165) is 206 Å². The molecule has 30 rings (SSSR count). The lowest BCUT2D eigenvalue weighted by atomic mass is 10.0. The van der Waals surface area contributed by atoms with Crippen LogP contribution in [0.25, 0.3) is 199 Å². The zero-order chi connectivity index (χ0) is 96.9. The maximum Gasteiger partial charge on any atom is 0.221 e. The quantitative estimate of drug-likeness (QED) is 0.0989. The summed E-state index contributed by atoms with van der Waals surface area (Å²) in [6.45, 7) is 0. The summed E-state index contributed by atoms with van der Waals surface area (Å²) in [5, 5.41) is 10.1. The molecule has 147 heavy (non-hydrogen) atoms. The highest BCUT2D eigenvalue weighted by molar-refractivity contribution is 6.15. The third-order valence-electron chi connectivity index (χ3n) is 28.5. The van der Waals surface area contributed by atoms with Crippen molar-refractivity contribution in [2.45, 2.75) is 0 Å². The first kappa shape index (κ1) is 84.9. The van der Waals surface area contributed by atoms with Gasteiger partial charge >= 0.3 is 0 Å². The number of imidazole rings is 3. The summed E-state index contributed by atoms with van der Waals surface area (Å²) >= 11 is 0. The average Bonchev–Trinajstić information content (AvgIpc) is 1.57. The minimum atomic E-state index is 0.811. The number of fused-ring (bicyclic) bond motifs is 24. The van der Waals surface area contributed by atoms with Gasteiger partial charge in [0.25, 0.3) is 0 Å². The largest absolute Gasteiger partial charge is 0.310 e. The molecule has 21 aromatic carbocycles. The summed E-state index contributed by atoms with van der Waals surface area (Å²) in [6, 6.07) is 186. The van der Waals surface area contributed by atoms with Crippen molar-refractivity contribution in [2.24, 2.45) is 0 Å². The SMILES string of the molecule is c1ccc(-c2ccc(N(c3ccc(-c4ccccc4)cc3)c3ccc4c(c3)c3ccccc3n4-c3nc4ccccc4c4nc5ccccc5n34)cc2)cc1.c1ccc(-c2ccc(N(c3ccccc3)c3ccc4c(c3)c3ccccc3n4-c3nc4ccccc4c4nc5ccccc5n34)cc2)cc1.c1ccc(N(c2ccccc2)c2ccc3c(c2)c2ccccc2n3-c2nc3ccccc3c3nc4ccccc4n23)cc1. The van der Waals surface area contributed by atoms with Gasteiger partial charge in [-0.3, -0.25) is 26.9 Å². The molecule has 0 spiro atoms. The predicted octanol–water partition coefficient (Wildman–Crippen LogP) is 33.8. The molecule has 9 heterocycles. The molecule has 15 nitrogen and oxygen atoms in total. The van der Waals surface area contributed by atoms with E-state index in [0.29, 0.717) is 0 Å². The van der Waals surface area contributed by atoms with Crippen LogP contribution in [-0.2, 0) is 0 Å². The number of rotatable bonds is 15. The number of para-hydroxylation sites is 15. The molecule has 0 radical (unpaired) electrons. The van der Waals surface area contributed by atoms with Crippen molar-refractivity contribution in [3.8, 4) is 51.2 Å². The fourth-order valence-corrected chi connectivity index (χ4v) is 21.8. The molecular weight excluding hydrogens is 1800 g/mol. The molecule has 15 heteroatoms. The van der Waals surface area contributed by atoms with Gasteiger partial charge in [0.2, 0.25) is 17.8 Å². The topological polar surface area (TPSA) is 115 Å². The van der Waals surface area contributed by atoms with Gasteiger partial charge in [0.05, 0.1) is 82.8 Å². The van der Waals surface area contributed by atoms with Gasteiger partial charge in [-0.25, -0.2) is 29.9 Å². The van der Waals surface area contributed by atoms with Gasteiger partial charge in [0.1, 0.15) is 16.9 Å². The minimum Gasteiger partial charge on any atom is -0.310 e. The van der Waals surface area contributed by atoms with E-state index >= 15 is 0 Å². The summed E-state index contributed by atoms with van der Waals surface area (Å²) < 4.78 is 13.5. The van der Waals surface area contributed by atoms with Crippen LogP contribution >= 0.6 is 0 Å². The van der Waals surface area contributed by atoms with Gasteiger partial charge in [-0.1, -0.05) is 309 Å². The molecule has 0 fully saturated rings. The molecule has 0 aliphatic carbocycles. The lowest BCUT2D eigenvalue weighted by Gasteiger charge is -2.26. The lowest BCUT2D eigenvalue weighted by Crippen LogP contribution is -2.10. The molecule has 0 amide bonds. The third-order valence-corrected chi connectivity index (χ3v) is 28.5. The fraction of sp³-hybridized carbons (Fsp3) is 0. The molecule has 690 valence electrons. The Hall–Kier alpha value is -20.2. The van der Waals surface area contributed by atoms with Crippen LogP contribution in [0.5, 0.6) is 0 Å². The highest BCUT2D eigenvalue weighted by Crippen LogP contribution is 2.47. The van der Waals surface area contributed by atoms with Crippen molar-refractivity contribution in [3.63, 3.8) is 0 Å². The summed E-state index contributed by atoms with van der Waals surface area (Å²) in [7, 11) is 0. The van der Waals surface area contributed by atoms with Crippen molar-refractivity contribution in [2.75, 3.05) is 14.7 Å². The van der Waals surface area contributed by atoms with Gasteiger partial charge in [-0.15, -0.1) is 0 Å². The number of aromatic nitrogens is 12. The Bertz CT molecular complexity index is 10200. The fourth-order valence-electron chi connectivity index (χ4n) is 21.8. The second-order valence-electron chi connectivity index (χ2n) is 37.0. The van der Waals surface area contributed by atoms with E-state index in [-0.39, 0.29) is 0 Å².